The maximum Gasteiger partial charge on any atom is 0.341 e. The lowest BCUT2D eigenvalue weighted by Crippen LogP contribution is -2.11. The number of carbonyl (C=O) groups excluding carboxylic acids is 2. The summed E-state index contributed by atoms with van der Waals surface area (Å²) < 4.78 is 4.91. The fourth-order valence-corrected chi connectivity index (χ4v) is 3.68. The molecule has 136 valence electrons. The molecule has 6 heteroatoms. The van der Waals surface area contributed by atoms with Gasteiger partial charge in [-0.05, 0) is 29.3 Å². The molecule has 0 spiro atoms. The van der Waals surface area contributed by atoms with Crippen LogP contribution in [-0.4, -0.2) is 19.0 Å². The van der Waals surface area contributed by atoms with Crippen molar-refractivity contribution in [3.05, 3.63) is 82.2 Å². The molecule has 1 aromatic heterocycles. The number of hydrogen-bond acceptors (Lipinski definition) is 4. The average Bonchev–Trinajstić information content (AvgIpc) is 3.10. The summed E-state index contributed by atoms with van der Waals surface area (Å²) in [6.07, 6.45) is 3.05. The summed E-state index contributed by atoms with van der Waals surface area (Å²) in [4.78, 5) is 24.6. The standard InChI is InChI=1S/C21H16ClNO3S/c1-26-21(25)19-17(15-7-3-2-4-8-15)13-27-20(19)23-18(24)11-10-14-6-5-9-16(22)12-14/h2-13H,1H3,(H,23,24)/b11-10+. The molecule has 4 nitrogen and oxygen atoms in total. The molecular formula is C21H16ClNO3S. The Bertz CT molecular complexity index is 996. The number of thiophene rings is 1. The zero-order valence-corrected chi connectivity index (χ0v) is 16.0. The van der Waals surface area contributed by atoms with Crippen molar-refractivity contribution in [1.82, 2.24) is 0 Å². The van der Waals surface area contributed by atoms with E-state index in [2.05, 4.69) is 5.32 Å². The van der Waals surface area contributed by atoms with Crippen LogP contribution in [0.2, 0.25) is 5.02 Å². The van der Waals surface area contributed by atoms with Crippen molar-refractivity contribution < 1.29 is 14.3 Å². The topological polar surface area (TPSA) is 55.4 Å². The fourth-order valence-electron chi connectivity index (χ4n) is 2.52. The monoisotopic (exact) mass is 397 g/mol. The van der Waals surface area contributed by atoms with Gasteiger partial charge >= 0.3 is 5.97 Å². The molecule has 0 unspecified atom stereocenters. The molecule has 0 radical (unpaired) electrons. The highest BCUT2D eigenvalue weighted by Gasteiger charge is 2.21. The van der Waals surface area contributed by atoms with Crippen LogP contribution in [0.1, 0.15) is 15.9 Å². The minimum absolute atomic E-state index is 0.346. The van der Waals surface area contributed by atoms with Gasteiger partial charge in [0.05, 0.1) is 7.11 Å². The van der Waals surface area contributed by atoms with E-state index in [1.165, 1.54) is 24.5 Å². The third kappa shape index (κ3) is 4.64. The zero-order chi connectivity index (χ0) is 19.2. The molecule has 0 saturated heterocycles. The van der Waals surface area contributed by atoms with Crippen molar-refractivity contribution in [2.24, 2.45) is 0 Å². The Labute approximate surface area is 166 Å². The van der Waals surface area contributed by atoms with Gasteiger partial charge in [0.1, 0.15) is 10.6 Å². The summed E-state index contributed by atoms with van der Waals surface area (Å²) in [5, 5.41) is 5.63. The molecule has 27 heavy (non-hydrogen) atoms. The zero-order valence-electron chi connectivity index (χ0n) is 14.4. The van der Waals surface area contributed by atoms with E-state index >= 15 is 0 Å². The highest BCUT2D eigenvalue weighted by Crippen LogP contribution is 2.36. The van der Waals surface area contributed by atoms with Gasteiger partial charge < -0.3 is 10.1 Å². The number of ether oxygens (including phenoxy) is 1. The van der Waals surface area contributed by atoms with Crippen LogP contribution < -0.4 is 5.32 Å². The summed E-state index contributed by atoms with van der Waals surface area (Å²) in [6, 6.07) is 16.6. The number of hydrogen-bond donors (Lipinski definition) is 1. The van der Waals surface area contributed by atoms with Crippen LogP contribution in [0.25, 0.3) is 17.2 Å². The third-order valence-corrected chi connectivity index (χ3v) is 4.91. The molecule has 0 saturated carbocycles. The molecule has 0 atom stereocenters. The van der Waals surface area contributed by atoms with E-state index in [1.807, 2.05) is 41.8 Å². The van der Waals surface area contributed by atoms with Gasteiger partial charge in [0, 0.05) is 22.0 Å². The molecule has 1 N–H and O–H groups in total. The first-order valence-corrected chi connectivity index (χ1v) is 9.34. The maximum atomic E-state index is 12.3. The highest BCUT2D eigenvalue weighted by molar-refractivity contribution is 7.15. The van der Waals surface area contributed by atoms with E-state index in [0.29, 0.717) is 15.6 Å². The second kappa shape index (κ2) is 8.66. The number of halogens is 1. The van der Waals surface area contributed by atoms with Gasteiger partial charge in [0.15, 0.2) is 0 Å². The van der Waals surface area contributed by atoms with Crippen molar-refractivity contribution in [2.45, 2.75) is 0 Å². The number of benzene rings is 2. The van der Waals surface area contributed by atoms with Crippen LogP contribution >= 0.6 is 22.9 Å². The maximum absolute atomic E-state index is 12.3. The van der Waals surface area contributed by atoms with Crippen LogP contribution in [0, 0.1) is 0 Å². The molecule has 0 aliphatic heterocycles. The Morgan fingerprint density at radius 1 is 1.11 bits per heavy atom. The van der Waals surface area contributed by atoms with Gasteiger partial charge in [-0.25, -0.2) is 4.79 Å². The van der Waals surface area contributed by atoms with Gasteiger partial charge in [-0.1, -0.05) is 54.1 Å². The lowest BCUT2D eigenvalue weighted by molar-refractivity contribution is -0.111. The Hall–Kier alpha value is -2.89. The number of methoxy groups -OCH3 is 1. The molecule has 3 rings (SSSR count). The molecule has 1 amide bonds. The number of nitrogens with one attached hydrogen (secondary N) is 1. The number of carbonyl (C=O) groups is 2. The largest absolute Gasteiger partial charge is 0.465 e. The van der Waals surface area contributed by atoms with E-state index in [1.54, 1.807) is 24.3 Å². The second-order valence-corrected chi connectivity index (χ2v) is 6.90. The second-order valence-electron chi connectivity index (χ2n) is 5.59. The molecule has 0 bridgehead atoms. The normalized spacial score (nSPS) is 10.7. The van der Waals surface area contributed by atoms with Gasteiger partial charge in [0.25, 0.3) is 0 Å². The molecule has 0 fully saturated rings. The van der Waals surface area contributed by atoms with Crippen molar-refractivity contribution in [3.8, 4) is 11.1 Å². The summed E-state index contributed by atoms with van der Waals surface area (Å²) in [7, 11) is 1.32. The number of amides is 1. The number of esters is 1. The predicted molar refractivity (Wildman–Crippen MR) is 110 cm³/mol. The first-order valence-electron chi connectivity index (χ1n) is 8.08. The predicted octanol–water partition coefficient (Wildman–Crippen LogP) is 5.51. The number of anilines is 1. The van der Waals surface area contributed by atoms with Crippen molar-refractivity contribution in [2.75, 3.05) is 12.4 Å². The number of rotatable bonds is 5. The van der Waals surface area contributed by atoms with E-state index in [0.717, 1.165) is 16.7 Å². The summed E-state index contributed by atoms with van der Waals surface area (Å²) in [5.74, 6) is -0.842. The van der Waals surface area contributed by atoms with Gasteiger partial charge in [-0.3, -0.25) is 4.79 Å². The van der Waals surface area contributed by atoms with Crippen molar-refractivity contribution in [1.29, 1.82) is 0 Å². The van der Waals surface area contributed by atoms with Crippen LogP contribution in [0.4, 0.5) is 5.00 Å². The first kappa shape index (κ1) is 18.9. The van der Waals surface area contributed by atoms with Crippen LogP contribution in [0.3, 0.4) is 0 Å². The van der Waals surface area contributed by atoms with Gasteiger partial charge in [0.2, 0.25) is 5.91 Å². The Morgan fingerprint density at radius 3 is 2.59 bits per heavy atom. The van der Waals surface area contributed by atoms with Gasteiger partial charge in [-0.2, -0.15) is 0 Å². The summed E-state index contributed by atoms with van der Waals surface area (Å²) in [6.45, 7) is 0. The third-order valence-electron chi connectivity index (χ3n) is 3.78. The minimum Gasteiger partial charge on any atom is -0.465 e. The van der Waals surface area contributed by atoms with Crippen LogP contribution in [0.5, 0.6) is 0 Å². The molecule has 2 aromatic carbocycles. The smallest absolute Gasteiger partial charge is 0.341 e. The van der Waals surface area contributed by atoms with Crippen LogP contribution in [0.15, 0.2) is 66.1 Å². The Morgan fingerprint density at radius 2 is 1.89 bits per heavy atom. The quantitative estimate of drug-likeness (QED) is 0.456. The lowest BCUT2D eigenvalue weighted by Gasteiger charge is -2.06. The molecule has 3 aromatic rings. The fraction of sp³-hybridized carbons (Fsp3) is 0.0476. The van der Waals surface area contributed by atoms with Crippen molar-refractivity contribution in [3.63, 3.8) is 0 Å². The first-order chi connectivity index (χ1) is 13.1. The summed E-state index contributed by atoms with van der Waals surface area (Å²) >= 11 is 7.22. The van der Waals surface area contributed by atoms with E-state index in [9.17, 15) is 9.59 Å². The van der Waals surface area contributed by atoms with E-state index < -0.39 is 5.97 Å². The minimum atomic E-state index is -0.496. The lowest BCUT2D eigenvalue weighted by atomic mass is 10.0. The van der Waals surface area contributed by atoms with Crippen molar-refractivity contribution >= 4 is 45.9 Å². The molecular weight excluding hydrogens is 382 g/mol. The van der Waals surface area contributed by atoms with Gasteiger partial charge in [-0.15, -0.1) is 11.3 Å². The highest BCUT2D eigenvalue weighted by atomic mass is 35.5. The Balaban J connectivity index is 1.85. The van der Waals surface area contributed by atoms with Crippen LogP contribution in [-0.2, 0) is 9.53 Å². The molecule has 1 heterocycles. The molecule has 0 aliphatic rings. The van der Waals surface area contributed by atoms with E-state index in [-0.39, 0.29) is 5.91 Å². The molecule has 0 aliphatic carbocycles. The SMILES string of the molecule is COC(=O)c1c(-c2ccccc2)csc1NC(=O)/C=C/c1cccc(Cl)c1. The van der Waals surface area contributed by atoms with E-state index in [4.69, 9.17) is 16.3 Å². The Kier molecular flexibility index (Phi) is 6.06. The average molecular weight is 398 g/mol. The summed E-state index contributed by atoms with van der Waals surface area (Å²) in [5.41, 5.74) is 2.76.